The second-order valence-electron chi connectivity index (χ2n) is 5.94. The van der Waals surface area contributed by atoms with E-state index in [1.807, 2.05) is 0 Å². The van der Waals surface area contributed by atoms with Gasteiger partial charge >= 0.3 is 0 Å². The van der Waals surface area contributed by atoms with Gasteiger partial charge in [0.1, 0.15) is 0 Å². The number of hydrogen-bond acceptors (Lipinski definition) is 2. The molecule has 0 aliphatic heterocycles. The summed E-state index contributed by atoms with van der Waals surface area (Å²) in [6, 6.07) is 0.721. The molecule has 2 aliphatic rings. The van der Waals surface area contributed by atoms with E-state index < -0.39 is 0 Å². The van der Waals surface area contributed by atoms with Gasteiger partial charge in [-0.05, 0) is 32.7 Å². The molecule has 2 fully saturated rings. The molecule has 2 unspecified atom stereocenters. The highest BCUT2D eigenvalue weighted by Crippen LogP contribution is 2.53. The van der Waals surface area contributed by atoms with E-state index in [0.717, 1.165) is 12.6 Å². The van der Waals surface area contributed by atoms with Crippen molar-refractivity contribution in [2.24, 2.45) is 5.41 Å². The maximum Gasteiger partial charge on any atom is 0.0661 e. The molecule has 2 nitrogen and oxygen atoms in total. The lowest BCUT2D eigenvalue weighted by Crippen LogP contribution is -2.63. The summed E-state index contributed by atoms with van der Waals surface area (Å²) < 4.78 is 6.17. The third kappa shape index (κ3) is 2.68. The Balaban J connectivity index is 1.81. The topological polar surface area (TPSA) is 21.3 Å². The summed E-state index contributed by atoms with van der Waals surface area (Å²) in [4.78, 5) is 0. The van der Waals surface area contributed by atoms with Crippen LogP contribution in [0.1, 0.15) is 64.7 Å². The average molecular weight is 239 g/mol. The summed E-state index contributed by atoms with van der Waals surface area (Å²) >= 11 is 0. The van der Waals surface area contributed by atoms with Crippen LogP contribution in [0.2, 0.25) is 0 Å². The van der Waals surface area contributed by atoms with E-state index in [0.29, 0.717) is 11.5 Å². The van der Waals surface area contributed by atoms with Crippen molar-refractivity contribution in [3.8, 4) is 0 Å². The second kappa shape index (κ2) is 6.19. The molecule has 0 bridgehead atoms. The zero-order valence-electron chi connectivity index (χ0n) is 11.6. The van der Waals surface area contributed by atoms with E-state index in [4.69, 9.17) is 4.74 Å². The number of ether oxygens (including phenoxy) is 1. The fourth-order valence-electron chi connectivity index (χ4n) is 3.84. The molecular weight excluding hydrogens is 210 g/mol. The van der Waals surface area contributed by atoms with Crippen LogP contribution >= 0.6 is 0 Å². The monoisotopic (exact) mass is 239 g/mol. The zero-order chi connectivity index (χ0) is 12.1. The third-order valence-corrected chi connectivity index (χ3v) is 4.98. The molecular formula is C15H29NO. The molecule has 0 radical (unpaired) electrons. The van der Waals surface area contributed by atoms with Gasteiger partial charge in [0.05, 0.1) is 6.10 Å². The molecule has 2 saturated carbocycles. The first-order valence-corrected chi connectivity index (χ1v) is 7.62. The molecule has 17 heavy (non-hydrogen) atoms. The number of unbranched alkanes of at least 4 members (excludes halogenated alkanes) is 2. The van der Waals surface area contributed by atoms with Crippen LogP contribution in [0.4, 0.5) is 0 Å². The SMILES string of the molecule is CCCCCOC1CC(NC)C12CCCCC2. The van der Waals surface area contributed by atoms with E-state index in [1.54, 1.807) is 0 Å². The van der Waals surface area contributed by atoms with Gasteiger partial charge in [0.15, 0.2) is 0 Å². The molecule has 0 heterocycles. The van der Waals surface area contributed by atoms with Gasteiger partial charge in [-0.15, -0.1) is 0 Å². The molecule has 0 aromatic rings. The van der Waals surface area contributed by atoms with Crippen LogP contribution in [-0.2, 0) is 4.74 Å². The van der Waals surface area contributed by atoms with Crippen molar-refractivity contribution in [2.45, 2.75) is 76.9 Å². The van der Waals surface area contributed by atoms with Crippen LogP contribution in [0, 0.1) is 5.41 Å². The Morgan fingerprint density at radius 2 is 1.94 bits per heavy atom. The van der Waals surface area contributed by atoms with Gasteiger partial charge in [0, 0.05) is 18.1 Å². The second-order valence-corrected chi connectivity index (χ2v) is 5.94. The quantitative estimate of drug-likeness (QED) is 0.716. The number of nitrogens with one attached hydrogen (secondary N) is 1. The van der Waals surface area contributed by atoms with Crippen molar-refractivity contribution in [3.05, 3.63) is 0 Å². The summed E-state index contributed by atoms with van der Waals surface area (Å²) in [5.74, 6) is 0. The van der Waals surface area contributed by atoms with Gasteiger partial charge < -0.3 is 10.1 Å². The molecule has 2 aliphatic carbocycles. The molecule has 2 atom stereocenters. The fraction of sp³-hybridized carbons (Fsp3) is 1.00. The third-order valence-electron chi connectivity index (χ3n) is 4.98. The fourth-order valence-corrected chi connectivity index (χ4v) is 3.84. The molecule has 2 heteroatoms. The molecule has 2 rings (SSSR count). The smallest absolute Gasteiger partial charge is 0.0661 e. The van der Waals surface area contributed by atoms with Crippen molar-refractivity contribution in [1.29, 1.82) is 0 Å². The minimum atomic E-state index is 0.499. The lowest BCUT2D eigenvalue weighted by Gasteiger charge is -2.57. The van der Waals surface area contributed by atoms with Gasteiger partial charge in [-0.3, -0.25) is 0 Å². The first-order chi connectivity index (χ1) is 8.33. The van der Waals surface area contributed by atoms with E-state index in [9.17, 15) is 0 Å². The minimum absolute atomic E-state index is 0.499. The highest BCUT2D eigenvalue weighted by Gasteiger charge is 2.54. The molecule has 1 spiro atoms. The Bertz CT molecular complexity index is 223. The Hall–Kier alpha value is -0.0800. The summed E-state index contributed by atoms with van der Waals surface area (Å²) in [7, 11) is 2.12. The lowest BCUT2D eigenvalue weighted by atomic mass is 9.55. The Kier molecular flexibility index (Phi) is 4.87. The molecule has 0 saturated heterocycles. The molecule has 100 valence electrons. The van der Waals surface area contributed by atoms with Crippen molar-refractivity contribution < 1.29 is 4.74 Å². The van der Waals surface area contributed by atoms with Crippen LogP contribution in [0.5, 0.6) is 0 Å². The van der Waals surface area contributed by atoms with E-state index in [2.05, 4.69) is 19.3 Å². The predicted octanol–water partition coefficient (Wildman–Crippen LogP) is 3.50. The van der Waals surface area contributed by atoms with Crippen molar-refractivity contribution in [2.75, 3.05) is 13.7 Å². The van der Waals surface area contributed by atoms with Gasteiger partial charge in [-0.1, -0.05) is 39.0 Å². The normalized spacial score (nSPS) is 31.4. The van der Waals surface area contributed by atoms with Crippen molar-refractivity contribution in [1.82, 2.24) is 5.32 Å². The molecule has 1 N–H and O–H groups in total. The van der Waals surface area contributed by atoms with Gasteiger partial charge in [-0.2, -0.15) is 0 Å². The van der Waals surface area contributed by atoms with Gasteiger partial charge in [0.2, 0.25) is 0 Å². The van der Waals surface area contributed by atoms with Crippen LogP contribution in [0.3, 0.4) is 0 Å². The summed E-state index contributed by atoms with van der Waals surface area (Å²) in [6.45, 7) is 3.24. The Labute approximate surface area is 107 Å². The summed E-state index contributed by atoms with van der Waals surface area (Å²) in [5, 5.41) is 3.51. The highest BCUT2D eigenvalue weighted by atomic mass is 16.5. The Morgan fingerprint density at radius 3 is 2.59 bits per heavy atom. The van der Waals surface area contributed by atoms with Gasteiger partial charge in [0.25, 0.3) is 0 Å². The predicted molar refractivity (Wildman–Crippen MR) is 72.2 cm³/mol. The Morgan fingerprint density at radius 1 is 1.18 bits per heavy atom. The van der Waals surface area contributed by atoms with E-state index >= 15 is 0 Å². The van der Waals surface area contributed by atoms with Gasteiger partial charge in [-0.25, -0.2) is 0 Å². The maximum absolute atomic E-state index is 6.17. The molecule has 0 amide bonds. The van der Waals surface area contributed by atoms with Crippen LogP contribution < -0.4 is 5.32 Å². The first-order valence-electron chi connectivity index (χ1n) is 7.62. The van der Waals surface area contributed by atoms with Crippen LogP contribution in [-0.4, -0.2) is 25.8 Å². The standard InChI is InChI=1S/C15H29NO/c1-3-4-8-11-17-14-12-13(16-2)15(14)9-6-5-7-10-15/h13-14,16H,3-12H2,1-2H3. The maximum atomic E-state index is 6.17. The number of hydrogen-bond donors (Lipinski definition) is 1. The largest absolute Gasteiger partial charge is 0.378 e. The zero-order valence-corrected chi connectivity index (χ0v) is 11.6. The average Bonchev–Trinajstić information content (AvgIpc) is 2.38. The highest BCUT2D eigenvalue weighted by molar-refractivity contribution is 5.08. The van der Waals surface area contributed by atoms with E-state index in [1.165, 1.54) is 57.8 Å². The lowest BCUT2D eigenvalue weighted by molar-refractivity contribution is -0.151. The molecule has 0 aromatic carbocycles. The minimum Gasteiger partial charge on any atom is -0.378 e. The first kappa shape index (κ1) is 13.4. The molecule has 0 aromatic heterocycles. The van der Waals surface area contributed by atoms with Crippen molar-refractivity contribution >= 4 is 0 Å². The van der Waals surface area contributed by atoms with Crippen molar-refractivity contribution in [3.63, 3.8) is 0 Å². The van der Waals surface area contributed by atoms with Crippen LogP contribution in [0.25, 0.3) is 0 Å². The summed E-state index contributed by atoms with van der Waals surface area (Å²) in [5.41, 5.74) is 0.499. The summed E-state index contributed by atoms with van der Waals surface area (Å²) in [6.07, 6.45) is 12.7. The van der Waals surface area contributed by atoms with E-state index in [-0.39, 0.29) is 0 Å². The van der Waals surface area contributed by atoms with Crippen LogP contribution in [0.15, 0.2) is 0 Å². The number of rotatable bonds is 6.